The van der Waals surface area contributed by atoms with Gasteiger partial charge in [-0.3, -0.25) is 14.3 Å². The first kappa shape index (κ1) is 24.1. The third-order valence-electron chi connectivity index (χ3n) is 7.49. The number of nitrogens with zero attached hydrogens (tertiary/aromatic N) is 6. The second-order valence-corrected chi connectivity index (χ2v) is 9.58. The van der Waals surface area contributed by atoms with Gasteiger partial charge in [0, 0.05) is 51.2 Å². The molecular formula is C27H33N7O2. The fourth-order valence-electron chi connectivity index (χ4n) is 5.26. The van der Waals surface area contributed by atoms with Gasteiger partial charge in [-0.1, -0.05) is 37.8 Å². The number of benzene rings is 1. The lowest BCUT2D eigenvalue weighted by molar-refractivity contribution is -0.128. The van der Waals surface area contributed by atoms with Crippen molar-refractivity contribution < 1.29 is 4.79 Å². The molecule has 1 saturated heterocycles. The highest BCUT2D eigenvalue weighted by molar-refractivity contribution is 5.87. The van der Waals surface area contributed by atoms with Crippen molar-refractivity contribution in [1.29, 1.82) is 0 Å². The summed E-state index contributed by atoms with van der Waals surface area (Å²) >= 11 is 0. The molecule has 1 saturated carbocycles. The summed E-state index contributed by atoms with van der Waals surface area (Å²) in [7, 11) is 0. The van der Waals surface area contributed by atoms with Crippen molar-refractivity contribution >= 4 is 22.9 Å². The highest BCUT2D eigenvalue weighted by atomic mass is 16.2. The van der Waals surface area contributed by atoms with Gasteiger partial charge in [0.25, 0.3) is 0 Å². The molecule has 9 heteroatoms. The molecule has 2 aromatic heterocycles. The third-order valence-corrected chi connectivity index (χ3v) is 7.49. The van der Waals surface area contributed by atoms with E-state index in [-0.39, 0.29) is 17.1 Å². The molecule has 5 rings (SSSR count). The molecule has 0 spiro atoms. The molecule has 188 valence electrons. The molecule has 0 bridgehead atoms. The van der Waals surface area contributed by atoms with E-state index in [1.54, 1.807) is 10.8 Å². The van der Waals surface area contributed by atoms with Crippen molar-refractivity contribution in [2.75, 3.05) is 31.5 Å². The lowest BCUT2D eigenvalue weighted by atomic mass is 9.97. The van der Waals surface area contributed by atoms with Gasteiger partial charge in [-0.15, -0.1) is 0 Å². The van der Waals surface area contributed by atoms with Crippen molar-refractivity contribution in [3.8, 4) is 0 Å². The Hall–Kier alpha value is -3.59. The number of anilines is 1. The Morgan fingerprint density at radius 1 is 1.11 bits per heavy atom. The molecule has 0 radical (unpaired) electrons. The average Bonchev–Trinajstić information content (AvgIpc) is 3.70. The number of amides is 1. The Bertz CT molecular complexity index is 1320. The largest absolute Gasteiger partial charge is 0.349 e. The molecule has 1 amide bonds. The molecule has 2 fully saturated rings. The topological polar surface area (TPSA) is 96.3 Å². The van der Waals surface area contributed by atoms with Gasteiger partial charge in [0.2, 0.25) is 11.9 Å². The summed E-state index contributed by atoms with van der Waals surface area (Å²) < 4.78 is 1.56. The van der Waals surface area contributed by atoms with Crippen LogP contribution in [0.2, 0.25) is 0 Å². The van der Waals surface area contributed by atoms with Crippen LogP contribution in [0.4, 0.5) is 5.95 Å². The van der Waals surface area contributed by atoms with E-state index in [9.17, 15) is 9.59 Å². The van der Waals surface area contributed by atoms with Crippen molar-refractivity contribution in [2.24, 2.45) is 0 Å². The Labute approximate surface area is 210 Å². The average molecular weight is 488 g/mol. The Kier molecular flexibility index (Phi) is 6.57. The third kappa shape index (κ3) is 4.51. The molecule has 1 aliphatic heterocycles. The molecule has 9 nitrogen and oxygen atoms in total. The quantitative estimate of drug-likeness (QED) is 0.488. The predicted molar refractivity (Wildman–Crippen MR) is 140 cm³/mol. The summed E-state index contributed by atoms with van der Waals surface area (Å²) in [5.41, 5.74) is 2.62. The number of carbonyl (C=O) groups is 1. The van der Waals surface area contributed by atoms with Gasteiger partial charge in [-0.05, 0) is 43.4 Å². The number of piperazine rings is 1. The van der Waals surface area contributed by atoms with Crippen LogP contribution in [0.3, 0.4) is 0 Å². The number of carbonyl (C=O) groups excluding carboxylic acids is 1. The van der Waals surface area contributed by atoms with Gasteiger partial charge in [0.05, 0.1) is 10.9 Å². The number of fused-ring (bicyclic) bond motifs is 1. The van der Waals surface area contributed by atoms with Gasteiger partial charge in [-0.25, -0.2) is 14.8 Å². The van der Waals surface area contributed by atoms with Gasteiger partial charge < -0.3 is 10.2 Å². The van der Waals surface area contributed by atoms with E-state index in [1.165, 1.54) is 23.4 Å². The summed E-state index contributed by atoms with van der Waals surface area (Å²) in [5.74, 6) is 0.537. The maximum absolute atomic E-state index is 12.1. The summed E-state index contributed by atoms with van der Waals surface area (Å²) in [5, 5.41) is 4.29. The molecule has 1 atom stereocenters. The second kappa shape index (κ2) is 9.81. The van der Waals surface area contributed by atoms with Crippen LogP contribution in [0, 0.1) is 0 Å². The first-order chi connectivity index (χ1) is 17.5. The number of hydrogen-bond donors (Lipinski definition) is 1. The smallest absolute Gasteiger partial charge is 0.345 e. The summed E-state index contributed by atoms with van der Waals surface area (Å²) in [6, 6.07) is 9.21. The van der Waals surface area contributed by atoms with Gasteiger partial charge in [0.15, 0.2) is 5.65 Å². The van der Waals surface area contributed by atoms with Crippen LogP contribution in [-0.2, 0) is 16.9 Å². The van der Waals surface area contributed by atoms with Crippen LogP contribution in [0.25, 0.3) is 11.0 Å². The minimum absolute atomic E-state index is 0.0133. The highest BCUT2D eigenvalue weighted by Gasteiger charge is 2.45. The van der Waals surface area contributed by atoms with Crippen LogP contribution in [0.15, 0.2) is 54.1 Å². The van der Waals surface area contributed by atoms with E-state index in [1.807, 2.05) is 11.8 Å². The van der Waals surface area contributed by atoms with Crippen LogP contribution in [0.1, 0.15) is 50.3 Å². The molecule has 1 aromatic carbocycles. The SMILES string of the molecule is C=CC(=O)N1CCN(C(CC)c2ccc(C3(Nc4ncc5cnc(=O)n(CC)c5n4)CC3)cc2)CC1. The lowest BCUT2D eigenvalue weighted by Gasteiger charge is -2.39. The zero-order chi connectivity index (χ0) is 25.3. The standard InChI is InChI=1S/C27H33N7O2/c1-4-22(32-13-15-33(16-14-32)23(35)5-2)19-7-9-21(10-8-19)27(11-12-27)31-25-28-17-20-18-29-26(36)34(6-3)24(20)30-25/h5,7-10,17-18,22H,2,4,6,11-16H2,1,3H3,(H,28,30,31). The molecule has 1 aliphatic carbocycles. The van der Waals surface area contributed by atoms with Crippen LogP contribution < -0.4 is 11.0 Å². The van der Waals surface area contributed by atoms with E-state index in [2.05, 4.69) is 62.9 Å². The van der Waals surface area contributed by atoms with E-state index >= 15 is 0 Å². The van der Waals surface area contributed by atoms with E-state index in [0.29, 0.717) is 24.2 Å². The number of nitrogens with one attached hydrogen (secondary N) is 1. The van der Waals surface area contributed by atoms with Gasteiger partial charge in [-0.2, -0.15) is 4.98 Å². The van der Waals surface area contributed by atoms with Crippen LogP contribution in [0.5, 0.6) is 0 Å². The zero-order valence-electron chi connectivity index (χ0n) is 21.0. The van der Waals surface area contributed by atoms with Crippen LogP contribution in [-0.4, -0.2) is 61.4 Å². The maximum atomic E-state index is 12.1. The van der Waals surface area contributed by atoms with Gasteiger partial charge in [0.1, 0.15) is 0 Å². The normalized spacial score (nSPS) is 18.1. The lowest BCUT2D eigenvalue weighted by Crippen LogP contribution is -2.49. The molecule has 36 heavy (non-hydrogen) atoms. The number of rotatable bonds is 8. The van der Waals surface area contributed by atoms with Gasteiger partial charge >= 0.3 is 5.69 Å². The first-order valence-corrected chi connectivity index (χ1v) is 12.7. The van der Waals surface area contributed by atoms with Crippen LogP contribution >= 0.6 is 0 Å². The molecule has 3 heterocycles. The second-order valence-electron chi connectivity index (χ2n) is 9.58. The van der Waals surface area contributed by atoms with E-state index < -0.39 is 0 Å². The molecule has 3 aromatic rings. The summed E-state index contributed by atoms with van der Waals surface area (Å²) in [4.78, 5) is 41.4. The Morgan fingerprint density at radius 2 is 1.81 bits per heavy atom. The van der Waals surface area contributed by atoms with Crippen molar-refractivity contribution in [2.45, 2.75) is 51.2 Å². The minimum atomic E-state index is -0.300. The molecule has 1 N–H and O–H groups in total. The first-order valence-electron chi connectivity index (χ1n) is 12.7. The fraction of sp³-hybridized carbons (Fsp3) is 0.444. The zero-order valence-corrected chi connectivity index (χ0v) is 21.0. The van der Waals surface area contributed by atoms with Crippen molar-refractivity contribution in [1.82, 2.24) is 29.3 Å². The summed E-state index contributed by atoms with van der Waals surface area (Å²) in [6.45, 7) is 11.4. The Balaban J connectivity index is 1.31. The monoisotopic (exact) mass is 487 g/mol. The summed E-state index contributed by atoms with van der Waals surface area (Å²) in [6.07, 6.45) is 7.66. The number of aromatic nitrogens is 4. The fourth-order valence-corrected chi connectivity index (χ4v) is 5.26. The maximum Gasteiger partial charge on any atom is 0.349 e. The molecule has 2 aliphatic rings. The Morgan fingerprint density at radius 3 is 2.42 bits per heavy atom. The van der Waals surface area contributed by atoms with Crippen molar-refractivity contribution in [3.63, 3.8) is 0 Å². The predicted octanol–water partition coefficient (Wildman–Crippen LogP) is 3.09. The highest BCUT2D eigenvalue weighted by Crippen LogP contribution is 2.48. The number of hydrogen-bond acceptors (Lipinski definition) is 7. The van der Waals surface area contributed by atoms with Crippen molar-refractivity contribution in [3.05, 3.63) is 70.9 Å². The van der Waals surface area contributed by atoms with E-state index in [0.717, 1.165) is 50.8 Å². The van der Waals surface area contributed by atoms with E-state index in [4.69, 9.17) is 0 Å². The molecule has 1 unspecified atom stereocenters. The minimum Gasteiger partial charge on any atom is -0.345 e. The number of aryl methyl sites for hydroxylation is 1. The molecular weight excluding hydrogens is 454 g/mol.